The molecular formula is C14H21ClN2O3S. The van der Waals surface area contributed by atoms with Crippen molar-refractivity contribution in [1.29, 1.82) is 0 Å². The van der Waals surface area contributed by atoms with E-state index in [0.717, 1.165) is 19.1 Å². The third-order valence-electron chi connectivity index (χ3n) is 2.87. The summed E-state index contributed by atoms with van der Waals surface area (Å²) >= 11 is 5.82. The quantitative estimate of drug-likeness (QED) is 0.717. The smallest absolute Gasteiger partial charge is 0.221 e. The van der Waals surface area contributed by atoms with Gasteiger partial charge in [0, 0.05) is 18.0 Å². The van der Waals surface area contributed by atoms with Crippen molar-refractivity contribution >= 4 is 27.5 Å². The largest absolute Gasteiger partial charge is 0.356 e. The van der Waals surface area contributed by atoms with Crippen LogP contribution in [0.2, 0.25) is 5.02 Å². The van der Waals surface area contributed by atoms with E-state index in [1.807, 2.05) is 6.92 Å². The van der Waals surface area contributed by atoms with E-state index in [9.17, 15) is 13.2 Å². The zero-order chi connectivity index (χ0) is 15.9. The van der Waals surface area contributed by atoms with Crippen molar-refractivity contribution in [2.45, 2.75) is 32.2 Å². The van der Waals surface area contributed by atoms with Gasteiger partial charge in [-0.25, -0.2) is 13.1 Å². The molecule has 0 fully saturated rings. The minimum absolute atomic E-state index is 0.0540. The minimum Gasteiger partial charge on any atom is -0.356 e. The number of carbonyl (C=O) groups is 1. The fourth-order valence-electron chi connectivity index (χ4n) is 1.84. The molecule has 0 aliphatic rings. The van der Waals surface area contributed by atoms with Crippen LogP contribution in [0.5, 0.6) is 0 Å². The Bertz CT molecular complexity index is 558. The predicted molar refractivity (Wildman–Crippen MR) is 84.7 cm³/mol. The number of carbonyl (C=O) groups excluding carboxylic acids is 1. The van der Waals surface area contributed by atoms with E-state index >= 15 is 0 Å². The standard InChI is InChI=1S/C14H21ClN2O3S/c1-3-4-9-16-14(18)10-13(17-21(2,19)20)11-5-7-12(15)8-6-11/h5-8,13,17H,3-4,9-10H2,1-2H3,(H,16,18). The van der Waals surface area contributed by atoms with Crippen molar-refractivity contribution in [2.24, 2.45) is 0 Å². The Kier molecular flexibility index (Phi) is 7.14. The number of unbranched alkanes of at least 4 members (excludes halogenated alkanes) is 1. The molecule has 0 spiro atoms. The van der Waals surface area contributed by atoms with Crippen molar-refractivity contribution in [2.75, 3.05) is 12.8 Å². The van der Waals surface area contributed by atoms with Crippen LogP contribution in [0.1, 0.15) is 37.8 Å². The average molecular weight is 333 g/mol. The minimum atomic E-state index is -3.42. The van der Waals surface area contributed by atoms with Crippen LogP contribution in [-0.2, 0) is 14.8 Å². The third-order valence-corrected chi connectivity index (χ3v) is 3.84. The van der Waals surface area contributed by atoms with Crippen molar-refractivity contribution in [3.63, 3.8) is 0 Å². The van der Waals surface area contributed by atoms with Gasteiger partial charge in [0.05, 0.1) is 12.3 Å². The number of hydrogen-bond donors (Lipinski definition) is 2. The summed E-state index contributed by atoms with van der Waals surface area (Å²) in [6.45, 7) is 2.63. The molecule has 0 saturated carbocycles. The van der Waals surface area contributed by atoms with Gasteiger partial charge in [0.25, 0.3) is 0 Å². The van der Waals surface area contributed by atoms with E-state index in [1.165, 1.54) is 0 Å². The van der Waals surface area contributed by atoms with Gasteiger partial charge in [-0.15, -0.1) is 0 Å². The SMILES string of the molecule is CCCCNC(=O)CC(NS(C)(=O)=O)c1ccc(Cl)cc1. The maximum Gasteiger partial charge on any atom is 0.221 e. The first-order chi connectivity index (χ1) is 9.81. The second-order valence-corrected chi connectivity index (χ2v) is 7.12. The van der Waals surface area contributed by atoms with Gasteiger partial charge in [-0.05, 0) is 24.1 Å². The zero-order valence-corrected chi connectivity index (χ0v) is 13.8. The molecule has 1 aromatic rings. The number of hydrogen-bond acceptors (Lipinski definition) is 3. The number of halogens is 1. The van der Waals surface area contributed by atoms with Crippen LogP contribution < -0.4 is 10.0 Å². The Labute approximate surface area is 131 Å². The molecular weight excluding hydrogens is 312 g/mol. The van der Waals surface area contributed by atoms with E-state index in [1.54, 1.807) is 24.3 Å². The first-order valence-electron chi connectivity index (χ1n) is 6.81. The van der Waals surface area contributed by atoms with Gasteiger partial charge in [0.1, 0.15) is 0 Å². The van der Waals surface area contributed by atoms with E-state index in [2.05, 4.69) is 10.0 Å². The Morgan fingerprint density at radius 1 is 1.29 bits per heavy atom. The summed E-state index contributed by atoms with van der Waals surface area (Å²) in [5.74, 6) is -0.181. The number of sulfonamides is 1. The van der Waals surface area contributed by atoms with Crippen LogP contribution in [0.25, 0.3) is 0 Å². The molecule has 0 saturated heterocycles. The van der Waals surface area contributed by atoms with Crippen molar-refractivity contribution in [1.82, 2.24) is 10.0 Å². The Hall–Kier alpha value is -1.11. The molecule has 1 amide bonds. The van der Waals surface area contributed by atoms with Gasteiger partial charge in [-0.3, -0.25) is 4.79 Å². The van der Waals surface area contributed by atoms with Gasteiger partial charge < -0.3 is 5.32 Å². The number of amides is 1. The number of nitrogens with one attached hydrogen (secondary N) is 2. The highest BCUT2D eigenvalue weighted by molar-refractivity contribution is 7.88. The summed E-state index contributed by atoms with van der Waals surface area (Å²) in [7, 11) is -3.42. The molecule has 0 radical (unpaired) electrons. The molecule has 21 heavy (non-hydrogen) atoms. The van der Waals surface area contributed by atoms with Gasteiger partial charge in [-0.2, -0.15) is 0 Å². The van der Waals surface area contributed by atoms with Crippen molar-refractivity contribution in [3.05, 3.63) is 34.9 Å². The van der Waals surface area contributed by atoms with Crippen LogP contribution in [0.3, 0.4) is 0 Å². The van der Waals surface area contributed by atoms with Crippen molar-refractivity contribution in [3.8, 4) is 0 Å². The lowest BCUT2D eigenvalue weighted by atomic mass is 10.0. The lowest BCUT2D eigenvalue weighted by Crippen LogP contribution is -2.33. The molecule has 0 bridgehead atoms. The van der Waals surface area contributed by atoms with Crippen LogP contribution in [-0.4, -0.2) is 27.1 Å². The fraction of sp³-hybridized carbons (Fsp3) is 0.500. The molecule has 1 atom stereocenters. The predicted octanol–water partition coefficient (Wildman–Crippen LogP) is 2.24. The third kappa shape index (κ3) is 7.45. The van der Waals surface area contributed by atoms with Crippen LogP contribution in [0.15, 0.2) is 24.3 Å². The number of rotatable bonds is 8. The molecule has 5 nitrogen and oxygen atoms in total. The maximum atomic E-state index is 11.9. The summed E-state index contributed by atoms with van der Waals surface area (Å²) < 4.78 is 25.4. The van der Waals surface area contributed by atoms with E-state index in [4.69, 9.17) is 11.6 Å². The highest BCUT2D eigenvalue weighted by Crippen LogP contribution is 2.20. The van der Waals surface area contributed by atoms with Gasteiger partial charge >= 0.3 is 0 Å². The monoisotopic (exact) mass is 332 g/mol. The molecule has 0 heterocycles. The highest BCUT2D eigenvalue weighted by Gasteiger charge is 2.19. The Morgan fingerprint density at radius 3 is 2.43 bits per heavy atom. The molecule has 7 heteroatoms. The van der Waals surface area contributed by atoms with Gasteiger partial charge in [0.2, 0.25) is 15.9 Å². The summed E-state index contributed by atoms with van der Waals surface area (Å²) in [5, 5.41) is 3.34. The van der Waals surface area contributed by atoms with Crippen LogP contribution in [0, 0.1) is 0 Å². The molecule has 0 aromatic heterocycles. The van der Waals surface area contributed by atoms with Crippen LogP contribution >= 0.6 is 11.6 Å². The molecule has 0 aliphatic heterocycles. The second-order valence-electron chi connectivity index (χ2n) is 4.90. The topological polar surface area (TPSA) is 75.3 Å². The highest BCUT2D eigenvalue weighted by atomic mass is 35.5. The fourth-order valence-corrected chi connectivity index (χ4v) is 2.71. The summed E-state index contributed by atoms with van der Waals surface area (Å²) in [6, 6.07) is 6.17. The van der Waals surface area contributed by atoms with Crippen molar-refractivity contribution < 1.29 is 13.2 Å². The summed E-state index contributed by atoms with van der Waals surface area (Å²) in [4.78, 5) is 11.9. The molecule has 1 unspecified atom stereocenters. The molecule has 0 aliphatic carbocycles. The van der Waals surface area contributed by atoms with E-state index in [0.29, 0.717) is 17.1 Å². The maximum absolute atomic E-state index is 11.9. The van der Waals surface area contributed by atoms with Gasteiger partial charge in [-0.1, -0.05) is 37.1 Å². The molecule has 2 N–H and O–H groups in total. The lowest BCUT2D eigenvalue weighted by Gasteiger charge is -2.18. The Balaban J connectivity index is 2.78. The molecule has 118 valence electrons. The zero-order valence-electron chi connectivity index (χ0n) is 12.2. The average Bonchev–Trinajstić information content (AvgIpc) is 2.37. The van der Waals surface area contributed by atoms with Gasteiger partial charge in [0.15, 0.2) is 0 Å². The summed E-state index contributed by atoms with van der Waals surface area (Å²) in [6.07, 6.45) is 3.02. The molecule has 1 rings (SSSR count). The Morgan fingerprint density at radius 2 is 1.90 bits per heavy atom. The number of benzene rings is 1. The molecule has 1 aromatic carbocycles. The first-order valence-corrected chi connectivity index (χ1v) is 9.08. The van der Waals surface area contributed by atoms with E-state index in [-0.39, 0.29) is 12.3 Å². The van der Waals surface area contributed by atoms with E-state index < -0.39 is 16.1 Å². The summed E-state index contributed by atoms with van der Waals surface area (Å²) in [5.41, 5.74) is 0.704. The van der Waals surface area contributed by atoms with Crippen LogP contribution in [0.4, 0.5) is 0 Å². The second kappa shape index (κ2) is 8.36. The lowest BCUT2D eigenvalue weighted by molar-refractivity contribution is -0.121. The normalized spacial score (nSPS) is 12.9. The first kappa shape index (κ1) is 17.9.